The fraction of sp³-hybridized carbons (Fsp3) is 0.0833. The van der Waals surface area contributed by atoms with E-state index >= 15 is 0 Å². The van der Waals surface area contributed by atoms with Crippen molar-refractivity contribution in [3.8, 4) is 10.7 Å². The fourth-order valence-corrected chi connectivity index (χ4v) is 4.82. The predicted molar refractivity (Wildman–Crippen MR) is 135 cm³/mol. The maximum absolute atomic E-state index is 11.5. The van der Waals surface area contributed by atoms with E-state index in [2.05, 4.69) is 38.2 Å². The summed E-state index contributed by atoms with van der Waals surface area (Å²) in [6.45, 7) is 5.35. The number of carbonyl (C=O) groups is 1. The Morgan fingerprint density at radius 1 is 1.35 bits per heavy atom. The molecule has 34 heavy (non-hydrogen) atoms. The first-order valence-corrected chi connectivity index (χ1v) is 11.5. The highest BCUT2D eigenvalue weighted by Crippen LogP contribution is 2.41. The lowest BCUT2D eigenvalue weighted by Gasteiger charge is -2.19. The van der Waals surface area contributed by atoms with Crippen LogP contribution in [0.5, 0.6) is 0 Å². The molecule has 0 radical (unpaired) electrons. The van der Waals surface area contributed by atoms with Gasteiger partial charge in [-0.25, -0.2) is 4.98 Å². The Morgan fingerprint density at radius 2 is 2.15 bits per heavy atom. The van der Waals surface area contributed by atoms with E-state index in [1.165, 1.54) is 30.8 Å². The van der Waals surface area contributed by atoms with E-state index in [0.717, 1.165) is 26.5 Å². The van der Waals surface area contributed by atoms with Crippen LogP contribution in [0.15, 0.2) is 85.7 Å². The average Bonchev–Trinajstić information content (AvgIpc) is 3.57. The van der Waals surface area contributed by atoms with Gasteiger partial charge in [0, 0.05) is 40.5 Å². The van der Waals surface area contributed by atoms with Gasteiger partial charge in [0.1, 0.15) is 12.4 Å². The summed E-state index contributed by atoms with van der Waals surface area (Å²) in [7, 11) is 0. The molecule has 4 N–H and O–H groups in total. The van der Waals surface area contributed by atoms with Crippen LogP contribution in [0.3, 0.4) is 0 Å². The third-order valence-corrected chi connectivity index (χ3v) is 6.35. The molecule has 3 heterocycles. The molecule has 0 bridgehead atoms. The molecule has 172 valence electrons. The molecule has 10 heteroatoms. The zero-order valence-corrected chi connectivity index (χ0v) is 19.8. The number of allylic oxidation sites excluding steroid dienone is 3. The second kappa shape index (κ2) is 10.3. The summed E-state index contributed by atoms with van der Waals surface area (Å²) in [5, 5.41) is 14.9. The van der Waals surface area contributed by atoms with Gasteiger partial charge in [-0.1, -0.05) is 30.3 Å². The van der Waals surface area contributed by atoms with Crippen molar-refractivity contribution in [1.29, 1.82) is 0 Å². The van der Waals surface area contributed by atoms with Crippen LogP contribution in [0.4, 0.5) is 0 Å². The Hall–Kier alpha value is -3.95. The zero-order valence-electron chi connectivity index (χ0n) is 18.3. The molecule has 8 nitrogen and oxygen atoms in total. The minimum absolute atomic E-state index is 0.201. The monoisotopic (exact) mass is 491 g/mol. The SMILES string of the molecule is C=C(/C=C(\C=C/N)c1cc(C(c2ccc(Cl)cc2)n2cccn2)c(-c2ncn[nH]2)s1)NC(C)=O. The smallest absolute Gasteiger partial charge is 0.221 e. The summed E-state index contributed by atoms with van der Waals surface area (Å²) in [6, 6.07) is 11.4. The molecule has 0 aliphatic heterocycles. The summed E-state index contributed by atoms with van der Waals surface area (Å²) >= 11 is 7.68. The van der Waals surface area contributed by atoms with Crippen LogP contribution in [-0.4, -0.2) is 30.9 Å². The molecule has 0 aliphatic rings. The van der Waals surface area contributed by atoms with Crippen molar-refractivity contribution in [2.75, 3.05) is 0 Å². The van der Waals surface area contributed by atoms with E-state index in [4.69, 9.17) is 17.3 Å². The van der Waals surface area contributed by atoms with Crippen LogP contribution in [0.25, 0.3) is 16.3 Å². The number of H-pyrrole nitrogens is 1. The van der Waals surface area contributed by atoms with Crippen LogP contribution in [0.2, 0.25) is 5.02 Å². The van der Waals surface area contributed by atoms with Gasteiger partial charge in [-0.2, -0.15) is 10.2 Å². The number of halogens is 1. The number of nitrogens with one attached hydrogen (secondary N) is 2. The number of benzene rings is 1. The van der Waals surface area contributed by atoms with E-state index in [1.54, 1.807) is 18.3 Å². The molecule has 4 aromatic rings. The second-order valence-corrected chi connectivity index (χ2v) is 8.82. The first kappa shape index (κ1) is 23.2. The van der Waals surface area contributed by atoms with Crippen molar-refractivity contribution >= 4 is 34.4 Å². The van der Waals surface area contributed by atoms with Crippen molar-refractivity contribution in [3.63, 3.8) is 0 Å². The minimum Gasteiger partial charge on any atom is -0.405 e. The van der Waals surface area contributed by atoms with Gasteiger partial charge >= 0.3 is 0 Å². The van der Waals surface area contributed by atoms with Crippen LogP contribution >= 0.6 is 22.9 Å². The molecule has 0 saturated carbocycles. The lowest BCUT2D eigenvalue weighted by Crippen LogP contribution is -2.17. The maximum atomic E-state index is 11.5. The molecule has 1 aromatic carbocycles. The zero-order chi connectivity index (χ0) is 24.1. The van der Waals surface area contributed by atoms with E-state index < -0.39 is 0 Å². The van der Waals surface area contributed by atoms with Crippen molar-refractivity contribution in [2.24, 2.45) is 5.73 Å². The number of nitrogens with zero attached hydrogens (tertiary/aromatic N) is 4. The number of hydrogen-bond donors (Lipinski definition) is 3. The van der Waals surface area contributed by atoms with E-state index in [9.17, 15) is 4.79 Å². The normalized spacial score (nSPS) is 12.7. The van der Waals surface area contributed by atoms with Crippen LogP contribution in [0, 0.1) is 0 Å². The molecule has 0 aliphatic carbocycles. The third kappa shape index (κ3) is 5.16. The molecule has 0 saturated heterocycles. The van der Waals surface area contributed by atoms with Crippen molar-refractivity contribution in [1.82, 2.24) is 30.3 Å². The summed E-state index contributed by atoms with van der Waals surface area (Å²) < 4.78 is 1.88. The van der Waals surface area contributed by atoms with Gasteiger partial charge in [-0.05, 0) is 53.8 Å². The second-order valence-electron chi connectivity index (χ2n) is 7.33. The molecule has 0 fully saturated rings. The number of thiophene rings is 1. The third-order valence-electron chi connectivity index (χ3n) is 4.89. The minimum atomic E-state index is -0.251. The molecular formula is C24H22ClN7OS. The van der Waals surface area contributed by atoms with Crippen molar-refractivity contribution in [2.45, 2.75) is 13.0 Å². The Morgan fingerprint density at radius 3 is 2.76 bits per heavy atom. The molecule has 3 aromatic heterocycles. The lowest BCUT2D eigenvalue weighted by molar-refractivity contribution is -0.118. The quantitative estimate of drug-likeness (QED) is 0.313. The lowest BCUT2D eigenvalue weighted by atomic mass is 9.98. The van der Waals surface area contributed by atoms with Crippen molar-refractivity contribution < 1.29 is 4.79 Å². The van der Waals surface area contributed by atoms with Gasteiger partial charge < -0.3 is 11.1 Å². The van der Waals surface area contributed by atoms with Gasteiger partial charge in [0.25, 0.3) is 0 Å². The first-order chi connectivity index (χ1) is 16.5. The van der Waals surface area contributed by atoms with E-state index in [0.29, 0.717) is 16.5 Å². The number of hydrogen-bond acceptors (Lipinski definition) is 6. The Labute approximate surface area is 205 Å². The summed E-state index contributed by atoms with van der Waals surface area (Å²) in [6.07, 6.45) is 10.1. The van der Waals surface area contributed by atoms with Gasteiger partial charge in [0.2, 0.25) is 5.91 Å². The molecule has 1 unspecified atom stereocenters. The number of rotatable bonds is 8. The standard InChI is InChI=1S/C24H22ClN7OS/c1-15(30-16(2)33)12-18(8-9-26)21-13-20(23(34-21)24-27-14-28-31-24)22(32-11-3-10-29-32)17-4-6-19(25)7-5-17/h3-14,22H,1,26H2,2H3,(H,30,33)(H,27,28,31)/b9-8-,18-12+. The Kier molecular flexibility index (Phi) is 7.05. The van der Waals surface area contributed by atoms with Gasteiger partial charge in [-0.3, -0.25) is 14.6 Å². The number of aromatic amines is 1. The molecule has 1 amide bonds. The summed E-state index contributed by atoms with van der Waals surface area (Å²) in [4.78, 5) is 17.7. The molecule has 0 spiro atoms. The first-order valence-electron chi connectivity index (χ1n) is 10.3. The van der Waals surface area contributed by atoms with Gasteiger partial charge in [0.15, 0.2) is 5.82 Å². The Bertz CT molecular complexity index is 1340. The number of nitrogens with two attached hydrogens (primary N) is 1. The predicted octanol–water partition coefficient (Wildman–Crippen LogP) is 4.53. The summed E-state index contributed by atoms with van der Waals surface area (Å²) in [5.74, 6) is 0.433. The van der Waals surface area contributed by atoms with Gasteiger partial charge in [-0.15, -0.1) is 11.3 Å². The number of aromatic nitrogens is 5. The highest BCUT2D eigenvalue weighted by molar-refractivity contribution is 7.16. The molecule has 1 atom stereocenters. The highest BCUT2D eigenvalue weighted by Gasteiger charge is 2.25. The summed E-state index contributed by atoms with van der Waals surface area (Å²) in [5.41, 5.74) is 8.94. The molecule has 4 rings (SSSR count). The fourth-order valence-electron chi connectivity index (χ4n) is 3.56. The number of carbonyl (C=O) groups excluding carboxylic acids is 1. The maximum Gasteiger partial charge on any atom is 0.221 e. The highest BCUT2D eigenvalue weighted by atomic mass is 35.5. The topological polar surface area (TPSA) is 115 Å². The largest absolute Gasteiger partial charge is 0.405 e. The van der Waals surface area contributed by atoms with Crippen LogP contribution in [0.1, 0.15) is 29.0 Å². The van der Waals surface area contributed by atoms with Crippen LogP contribution < -0.4 is 11.1 Å². The molecular weight excluding hydrogens is 470 g/mol. The van der Waals surface area contributed by atoms with Crippen LogP contribution in [-0.2, 0) is 4.79 Å². The Balaban J connectivity index is 1.90. The van der Waals surface area contributed by atoms with E-state index in [-0.39, 0.29) is 11.9 Å². The number of amides is 1. The van der Waals surface area contributed by atoms with E-state index in [1.807, 2.05) is 41.2 Å². The van der Waals surface area contributed by atoms with Crippen molar-refractivity contribution in [3.05, 3.63) is 107 Å². The van der Waals surface area contributed by atoms with Gasteiger partial charge in [0.05, 0.1) is 4.88 Å². The average molecular weight is 492 g/mol.